The zero-order valence-electron chi connectivity index (χ0n) is 11.7. The molecule has 1 atom stereocenters. The monoisotopic (exact) mass is 277 g/mol. The first-order chi connectivity index (χ1) is 9.52. The molecule has 1 N–H and O–H groups in total. The Bertz CT molecular complexity index is 593. The van der Waals surface area contributed by atoms with Crippen LogP contribution in [0.4, 0.5) is 14.5 Å². The van der Waals surface area contributed by atoms with Crippen LogP contribution in [-0.4, -0.2) is 7.11 Å². The number of rotatable bonds is 4. The first kappa shape index (κ1) is 14.3. The molecule has 0 aliphatic carbocycles. The Morgan fingerprint density at radius 2 is 1.75 bits per heavy atom. The van der Waals surface area contributed by atoms with Crippen molar-refractivity contribution >= 4 is 5.69 Å². The number of nitrogens with one attached hydrogen (secondary N) is 1. The molecule has 2 rings (SSSR count). The van der Waals surface area contributed by atoms with E-state index in [9.17, 15) is 8.78 Å². The maximum absolute atomic E-state index is 13.7. The number of para-hydroxylation sites is 1. The van der Waals surface area contributed by atoms with E-state index in [1.165, 1.54) is 18.2 Å². The van der Waals surface area contributed by atoms with Crippen molar-refractivity contribution in [3.8, 4) is 5.75 Å². The molecule has 2 aromatic rings. The summed E-state index contributed by atoms with van der Waals surface area (Å²) in [5.74, 6) is -0.528. The van der Waals surface area contributed by atoms with Crippen LogP contribution in [0.25, 0.3) is 0 Å². The molecule has 0 heterocycles. The van der Waals surface area contributed by atoms with Crippen LogP contribution in [0.15, 0.2) is 36.4 Å². The Hall–Kier alpha value is -2.10. The Morgan fingerprint density at radius 3 is 2.35 bits per heavy atom. The lowest BCUT2D eigenvalue weighted by atomic mass is 10.0. The molecule has 0 aromatic heterocycles. The minimum atomic E-state index is -0.608. The summed E-state index contributed by atoms with van der Waals surface area (Å²) in [5.41, 5.74) is 1.79. The summed E-state index contributed by atoms with van der Waals surface area (Å²) in [6.07, 6.45) is 0. The van der Waals surface area contributed by atoms with Gasteiger partial charge in [-0.25, -0.2) is 8.78 Å². The highest BCUT2D eigenvalue weighted by atomic mass is 19.1. The molecule has 1 unspecified atom stereocenters. The van der Waals surface area contributed by atoms with Gasteiger partial charge in [0.2, 0.25) is 0 Å². The summed E-state index contributed by atoms with van der Waals surface area (Å²) >= 11 is 0. The van der Waals surface area contributed by atoms with Crippen LogP contribution in [0.2, 0.25) is 0 Å². The third kappa shape index (κ3) is 2.90. The van der Waals surface area contributed by atoms with E-state index in [-0.39, 0.29) is 11.7 Å². The van der Waals surface area contributed by atoms with Crippen molar-refractivity contribution in [3.05, 3.63) is 59.2 Å². The SMILES string of the molecule is COc1ccc(C)cc1C(C)Nc1c(F)cccc1F. The van der Waals surface area contributed by atoms with E-state index in [1.807, 2.05) is 32.0 Å². The topological polar surface area (TPSA) is 21.3 Å². The van der Waals surface area contributed by atoms with Gasteiger partial charge in [-0.2, -0.15) is 0 Å². The maximum Gasteiger partial charge on any atom is 0.149 e. The van der Waals surface area contributed by atoms with Crippen molar-refractivity contribution in [1.82, 2.24) is 0 Å². The molecule has 106 valence electrons. The number of ether oxygens (including phenoxy) is 1. The highest BCUT2D eigenvalue weighted by Gasteiger charge is 2.15. The van der Waals surface area contributed by atoms with E-state index in [4.69, 9.17) is 4.74 Å². The number of halogens is 2. The van der Waals surface area contributed by atoms with E-state index < -0.39 is 11.6 Å². The lowest BCUT2D eigenvalue weighted by Crippen LogP contribution is -2.11. The van der Waals surface area contributed by atoms with Gasteiger partial charge in [-0.15, -0.1) is 0 Å². The number of aryl methyl sites for hydroxylation is 1. The van der Waals surface area contributed by atoms with Gasteiger partial charge in [0.25, 0.3) is 0 Å². The van der Waals surface area contributed by atoms with Gasteiger partial charge in [0, 0.05) is 5.56 Å². The van der Waals surface area contributed by atoms with Crippen molar-refractivity contribution in [3.63, 3.8) is 0 Å². The van der Waals surface area contributed by atoms with Gasteiger partial charge in [0.05, 0.1) is 13.2 Å². The fourth-order valence-corrected chi connectivity index (χ4v) is 2.12. The van der Waals surface area contributed by atoms with Crippen molar-refractivity contribution in [2.75, 3.05) is 12.4 Å². The Labute approximate surface area is 117 Å². The Kier molecular flexibility index (Phi) is 4.23. The van der Waals surface area contributed by atoms with E-state index in [0.717, 1.165) is 11.1 Å². The molecule has 0 aliphatic heterocycles. The van der Waals surface area contributed by atoms with Crippen LogP contribution in [0.1, 0.15) is 24.1 Å². The first-order valence-electron chi connectivity index (χ1n) is 6.38. The fraction of sp³-hybridized carbons (Fsp3) is 0.250. The van der Waals surface area contributed by atoms with Gasteiger partial charge in [-0.05, 0) is 32.0 Å². The van der Waals surface area contributed by atoms with Crippen molar-refractivity contribution in [2.45, 2.75) is 19.9 Å². The number of hydrogen-bond acceptors (Lipinski definition) is 2. The zero-order chi connectivity index (χ0) is 14.7. The van der Waals surface area contributed by atoms with E-state index >= 15 is 0 Å². The summed E-state index contributed by atoms with van der Waals surface area (Å²) in [6, 6.07) is 9.23. The summed E-state index contributed by atoms with van der Waals surface area (Å²) in [6.45, 7) is 3.79. The van der Waals surface area contributed by atoms with Gasteiger partial charge in [-0.3, -0.25) is 0 Å². The lowest BCUT2D eigenvalue weighted by molar-refractivity contribution is 0.407. The zero-order valence-corrected chi connectivity index (χ0v) is 11.7. The maximum atomic E-state index is 13.7. The van der Waals surface area contributed by atoms with Crippen molar-refractivity contribution in [2.24, 2.45) is 0 Å². The number of hydrogen-bond donors (Lipinski definition) is 1. The molecule has 0 amide bonds. The number of benzene rings is 2. The molecule has 2 aromatic carbocycles. The first-order valence-corrected chi connectivity index (χ1v) is 6.38. The fourth-order valence-electron chi connectivity index (χ4n) is 2.12. The largest absolute Gasteiger partial charge is 0.496 e. The van der Waals surface area contributed by atoms with Crippen LogP contribution in [0.3, 0.4) is 0 Å². The molecule has 4 heteroatoms. The molecule has 0 saturated heterocycles. The van der Waals surface area contributed by atoms with E-state index in [2.05, 4.69) is 5.32 Å². The average molecular weight is 277 g/mol. The summed E-state index contributed by atoms with van der Waals surface area (Å²) in [5, 5.41) is 2.87. The van der Waals surface area contributed by atoms with Crippen LogP contribution in [0, 0.1) is 18.6 Å². The van der Waals surface area contributed by atoms with E-state index in [0.29, 0.717) is 5.75 Å². The van der Waals surface area contributed by atoms with Crippen LogP contribution < -0.4 is 10.1 Å². The Balaban J connectivity index is 2.33. The van der Waals surface area contributed by atoms with Crippen LogP contribution in [0.5, 0.6) is 5.75 Å². The predicted molar refractivity (Wildman–Crippen MR) is 76.1 cm³/mol. The third-order valence-corrected chi connectivity index (χ3v) is 3.18. The molecule has 0 saturated carbocycles. The van der Waals surface area contributed by atoms with Crippen LogP contribution in [-0.2, 0) is 0 Å². The predicted octanol–water partition coefficient (Wildman–Crippen LogP) is 4.45. The summed E-state index contributed by atoms with van der Waals surface area (Å²) in [7, 11) is 1.57. The van der Waals surface area contributed by atoms with Gasteiger partial charge >= 0.3 is 0 Å². The lowest BCUT2D eigenvalue weighted by Gasteiger charge is -2.19. The molecular weight excluding hydrogens is 260 g/mol. The molecule has 0 radical (unpaired) electrons. The summed E-state index contributed by atoms with van der Waals surface area (Å²) < 4.78 is 32.6. The molecule has 2 nitrogen and oxygen atoms in total. The summed E-state index contributed by atoms with van der Waals surface area (Å²) in [4.78, 5) is 0. The number of methoxy groups -OCH3 is 1. The standard InChI is InChI=1S/C16H17F2NO/c1-10-7-8-15(20-3)12(9-10)11(2)19-16-13(17)5-4-6-14(16)18/h4-9,11,19H,1-3H3. The minimum absolute atomic E-state index is 0.122. The smallest absolute Gasteiger partial charge is 0.149 e. The second-order valence-corrected chi connectivity index (χ2v) is 4.71. The second-order valence-electron chi connectivity index (χ2n) is 4.71. The molecule has 0 fully saturated rings. The normalized spacial score (nSPS) is 12.1. The molecular formula is C16H17F2NO. The number of anilines is 1. The van der Waals surface area contributed by atoms with Crippen molar-refractivity contribution < 1.29 is 13.5 Å². The molecule has 0 spiro atoms. The van der Waals surface area contributed by atoms with Gasteiger partial charge in [0.1, 0.15) is 23.1 Å². The molecule has 0 aliphatic rings. The van der Waals surface area contributed by atoms with Gasteiger partial charge < -0.3 is 10.1 Å². The highest BCUT2D eigenvalue weighted by Crippen LogP contribution is 2.30. The third-order valence-electron chi connectivity index (χ3n) is 3.18. The minimum Gasteiger partial charge on any atom is -0.496 e. The second kappa shape index (κ2) is 5.90. The van der Waals surface area contributed by atoms with E-state index in [1.54, 1.807) is 7.11 Å². The highest BCUT2D eigenvalue weighted by molar-refractivity contribution is 5.50. The molecule has 0 bridgehead atoms. The molecule has 20 heavy (non-hydrogen) atoms. The Morgan fingerprint density at radius 1 is 1.10 bits per heavy atom. The van der Waals surface area contributed by atoms with Gasteiger partial charge in [-0.1, -0.05) is 23.8 Å². The van der Waals surface area contributed by atoms with Crippen LogP contribution >= 0.6 is 0 Å². The quantitative estimate of drug-likeness (QED) is 0.891. The average Bonchev–Trinajstić information content (AvgIpc) is 2.43. The van der Waals surface area contributed by atoms with Crippen molar-refractivity contribution in [1.29, 1.82) is 0 Å². The van der Waals surface area contributed by atoms with Gasteiger partial charge in [0.15, 0.2) is 0 Å².